The SMILES string of the molecule is CC(C)=CB1COC(C)(C)OC1. The highest BCUT2D eigenvalue weighted by Gasteiger charge is 2.28. The van der Waals surface area contributed by atoms with Gasteiger partial charge in [0.1, 0.15) is 0 Å². The van der Waals surface area contributed by atoms with Gasteiger partial charge in [-0.1, -0.05) is 5.57 Å². The number of hydrogen-bond donors (Lipinski definition) is 0. The van der Waals surface area contributed by atoms with Gasteiger partial charge >= 0.3 is 0 Å². The minimum absolute atomic E-state index is 0.383. The quantitative estimate of drug-likeness (QED) is 0.556. The van der Waals surface area contributed by atoms with E-state index in [1.807, 2.05) is 13.8 Å². The summed E-state index contributed by atoms with van der Waals surface area (Å²) in [5, 5.41) is 0. The van der Waals surface area contributed by atoms with E-state index in [-0.39, 0.29) is 5.79 Å². The fourth-order valence-electron chi connectivity index (χ4n) is 1.27. The summed E-state index contributed by atoms with van der Waals surface area (Å²) in [7, 11) is 0. The first-order valence-corrected chi connectivity index (χ1v) is 4.42. The van der Waals surface area contributed by atoms with Crippen LogP contribution in [-0.2, 0) is 9.47 Å². The summed E-state index contributed by atoms with van der Waals surface area (Å²) >= 11 is 0. The van der Waals surface area contributed by atoms with Crippen molar-refractivity contribution in [1.29, 1.82) is 0 Å². The minimum Gasteiger partial charge on any atom is -0.358 e. The molecule has 1 fully saturated rings. The molecule has 0 aromatic rings. The highest BCUT2D eigenvalue weighted by Crippen LogP contribution is 2.17. The molecule has 68 valence electrons. The topological polar surface area (TPSA) is 18.5 Å². The van der Waals surface area contributed by atoms with Gasteiger partial charge in [-0.2, -0.15) is 0 Å². The van der Waals surface area contributed by atoms with Crippen LogP contribution in [0.5, 0.6) is 0 Å². The largest absolute Gasteiger partial charge is 0.358 e. The second-order valence-corrected chi connectivity index (χ2v) is 4.03. The molecule has 1 saturated heterocycles. The number of allylic oxidation sites excluding steroid dienone is 1. The Hall–Kier alpha value is -0.275. The molecule has 0 amide bonds. The standard InChI is InChI=1S/C9H17BO2/c1-8(2)5-10-6-11-9(3,4)12-7-10/h5H,6-7H2,1-4H3. The van der Waals surface area contributed by atoms with Crippen LogP contribution in [-0.4, -0.2) is 25.5 Å². The summed E-state index contributed by atoms with van der Waals surface area (Å²) in [4.78, 5) is 0. The van der Waals surface area contributed by atoms with Gasteiger partial charge in [-0.15, -0.1) is 5.98 Å². The molecular weight excluding hydrogens is 151 g/mol. The molecule has 0 radical (unpaired) electrons. The second kappa shape index (κ2) is 3.63. The van der Waals surface area contributed by atoms with Crippen molar-refractivity contribution in [2.75, 3.05) is 13.0 Å². The maximum absolute atomic E-state index is 5.51. The highest BCUT2D eigenvalue weighted by molar-refractivity contribution is 6.64. The van der Waals surface area contributed by atoms with Crippen molar-refractivity contribution in [2.45, 2.75) is 33.5 Å². The summed E-state index contributed by atoms with van der Waals surface area (Å²) in [5.74, 6) is 1.82. The van der Waals surface area contributed by atoms with Gasteiger partial charge in [-0.3, -0.25) is 0 Å². The Morgan fingerprint density at radius 1 is 1.25 bits per heavy atom. The van der Waals surface area contributed by atoms with Crippen LogP contribution < -0.4 is 0 Å². The Morgan fingerprint density at radius 3 is 2.17 bits per heavy atom. The molecule has 2 nitrogen and oxygen atoms in total. The lowest BCUT2D eigenvalue weighted by molar-refractivity contribution is -0.206. The van der Waals surface area contributed by atoms with Crippen molar-refractivity contribution in [1.82, 2.24) is 0 Å². The van der Waals surface area contributed by atoms with Crippen LogP contribution in [0.2, 0.25) is 0 Å². The molecule has 0 aliphatic carbocycles. The molecule has 0 N–H and O–H groups in total. The zero-order valence-electron chi connectivity index (χ0n) is 8.39. The third kappa shape index (κ3) is 2.99. The van der Waals surface area contributed by atoms with Gasteiger partial charge in [0.25, 0.3) is 0 Å². The zero-order valence-corrected chi connectivity index (χ0v) is 8.39. The number of ether oxygens (including phenoxy) is 2. The fourth-order valence-corrected chi connectivity index (χ4v) is 1.27. The smallest absolute Gasteiger partial charge is 0.226 e. The van der Waals surface area contributed by atoms with Crippen LogP contribution in [0.1, 0.15) is 27.7 Å². The Bertz CT molecular complexity index is 173. The van der Waals surface area contributed by atoms with E-state index >= 15 is 0 Å². The van der Waals surface area contributed by atoms with E-state index in [2.05, 4.69) is 19.8 Å². The summed E-state index contributed by atoms with van der Waals surface area (Å²) < 4.78 is 11.0. The van der Waals surface area contributed by atoms with E-state index in [0.29, 0.717) is 6.71 Å². The van der Waals surface area contributed by atoms with E-state index in [4.69, 9.17) is 9.47 Å². The van der Waals surface area contributed by atoms with Crippen LogP contribution in [0.4, 0.5) is 0 Å². The van der Waals surface area contributed by atoms with Gasteiger partial charge in [0.05, 0.1) is 0 Å². The van der Waals surface area contributed by atoms with Crippen molar-refractivity contribution in [3.8, 4) is 0 Å². The first kappa shape index (κ1) is 9.81. The van der Waals surface area contributed by atoms with Crippen molar-refractivity contribution in [3.05, 3.63) is 11.5 Å². The van der Waals surface area contributed by atoms with Crippen LogP contribution in [0.25, 0.3) is 0 Å². The molecule has 3 heteroatoms. The third-order valence-corrected chi connectivity index (χ3v) is 1.86. The fraction of sp³-hybridized carbons (Fsp3) is 0.778. The summed E-state index contributed by atoms with van der Waals surface area (Å²) in [6, 6.07) is 0. The van der Waals surface area contributed by atoms with E-state index in [1.54, 1.807) is 0 Å². The molecule has 0 unspecified atom stereocenters. The predicted molar refractivity (Wildman–Crippen MR) is 51.2 cm³/mol. The molecular formula is C9H17BO2. The molecule has 1 aliphatic heterocycles. The van der Waals surface area contributed by atoms with E-state index in [9.17, 15) is 0 Å². The van der Waals surface area contributed by atoms with Crippen LogP contribution >= 0.6 is 0 Å². The van der Waals surface area contributed by atoms with Crippen molar-refractivity contribution >= 4 is 6.71 Å². The molecule has 0 aromatic heterocycles. The molecule has 0 atom stereocenters. The summed E-state index contributed by atoms with van der Waals surface area (Å²) in [6.45, 7) is 10.1. The molecule has 0 saturated carbocycles. The minimum atomic E-state index is -0.383. The lowest BCUT2D eigenvalue weighted by Crippen LogP contribution is -2.44. The molecule has 0 bridgehead atoms. The van der Waals surface area contributed by atoms with Crippen molar-refractivity contribution < 1.29 is 9.47 Å². The van der Waals surface area contributed by atoms with Gasteiger partial charge < -0.3 is 9.47 Å². The maximum Gasteiger partial charge on any atom is 0.226 e. The molecule has 0 spiro atoms. The van der Waals surface area contributed by atoms with Crippen LogP contribution in [0.3, 0.4) is 0 Å². The van der Waals surface area contributed by atoms with Crippen LogP contribution in [0.15, 0.2) is 11.5 Å². The average Bonchev–Trinajstić information content (AvgIpc) is 1.93. The predicted octanol–water partition coefficient (Wildman–Crippen LogP) is 1.85. The average molecular weight is 168 g/mol. The second-order valence-electron chi connectivity index (χ2n) is 4.03. The maximum atomic E-state index is 5.51. The van der Waals surface area contributed by atoms with Gasteiger partial charge in [0.2, 0.25) is 6.71 Å². The normalized spacial score (nSPS) is 22.2. The summed E-state index contributed by atoms with van der Waals surface area (Å²) in [6.07, 6.45) is 0. The van der Waals surface area contributed by atoms with Gasteiger partial charge in [0.15, 0.2) is 5.79 Å². The van der Waals surface area contributed by atoms with Gasteiger partial charge in [-0.25, -0.2) is 0 Å². The van der Waals surface area contributed by atoms with Crippen molar-refractivity contribution in [2.24, 2.45) is 0 Å². The molecule has 1 heterocycles. The number of rotatable bonds is 1. The molecule has 1 rings (SSSR count). The van der Waals surface area contributed by atoms with E-state index < -0.39 is 0 Å². The monoisotopic (exact) mass is 168 g/mol. The first-order chi connectivity index (χ1) is 5.49. The zero-order chi connectivity index (χ0) is 9.19. The number of hydrogen-bond acceptors (Lipinski definition) is 2. The molecule has 0 aromatic carbocycles. The van der Waals surface area contributed by atoms with Crippen LogP contribution in [0, 0.1) is 0 Å². The summed E-state index contributed by atoms with van der Waals surface area (Å²) in [5.41, 5.74) is 1.33. The lowest BCUT2D eigenvalue weighted by atomic mass is 9.50. The highest BCUT2D eigenvalue weighted by atomic mass is 16.7. The molecule has 12 heavy (non-hydrogen) atoms. The van der Waals surface area contributed by atoms with Gasteiger partial charge in [0, 0.05) is 13.0 Å². The van der Waals surface area contributed by atoms with E-state index in [0.717, 1.165) is 13.0 Å². The third-order valence-electron chi connectivity index (χ3n) is 1.86. The van der Waals surface area contributed by atoms with Crippen molar-refractivity contribution in [3.63, 3.8) is 0 Å². The Labute approximate surface area is 75.0 Å². The van der Waals surface area contributed by atoms with E-state index in [1.165, 1.54) is 5.57 Å². The van der Waals surface area contributed by atoms with Gasteiger partial charge in [-0.05, 0) is 27.7 Å². The first-order valence-electron chi connectivity index (χ1n) is 4.42. The Balaban J connectivity index is 2.42. The molecule has 1 aliphatic rings. The lowest BCUT2D eigenvalue weighted by Gasteiger charge is -2.32. The Kier molecular flexibility index (Phi) is 2.96. The Morgan fingerprint density at radius 2 is 1.75 bits per heavy atom.